The third-order valence-electron chi connectivity index (χ3n) is 2.77. The van der Waals surface area contributed by atoms with Crippen molar-refractivity contribution in [3.8, 4) is 0 Å². The zero-order valence-corrected chi connectivity index (χ0v) is 12.2. The number of carboxylic acid groups (broad SMARTS) is 1. The lowest BCUT2D eigenvalue weighted by Crippen LogP contribution is -2.31. The van der Waals surface area contributed by atoms with Gasteiger partial charge in [0, 0.05) is 12.6 Å². The molecule has 1 heterocycles. The van der Waals surface area contributed by atoms with Gasteiger partial charge in [-0.25, -0.2) is 9.78 Å². The molecular formula is C12H19N3O3S. The lowest BCUT2D eigenvalue weighted by atomic mass is 10.3. The van der Waals surface area contributed by atoms with E-state index in [2.05, 4.69) is 29.0 Å². The minimum absolute atomic E-state index is 0.0651. The largest absolute Gasteiger partial charge is 0.476 e. The van der Waals surface area contributed by atoms with E-state index in [1.54, 1.807) is 0 Å². The van der Waals surface area contributed by atoms with Gasteiger partial charge in [0.05, 0.1) is 6.20 Å². The molecular weight excluding hydrogens is 266 g/mol. The molecule has 6 nitrogen and oxygen atoms in total. The van der Waals surface area contributed by atoms with Crippen molar-refractivity contribution in [3.05, 3.63) is 16.1 Å². The van der Waals surface area contributed by atoms with Gasteiger partial charge in [0.25, 0.3) is 5.91 Å². The van der Waals surface area contributed by atoms with Crippen LogP contribution in [0.25, 0.3) is 0 Å². The van der Waals surface area contributed by atoms with Gasteiger partial charge in [-0.2, -0.15) is 0 Å². The number of thiazole rings is 1. The smallest absolute Gasteiger partial charge is 0.365 e. The Bertz CT molecular complexity index is 445. The molecule has 0 bridgehead atoms. The summed E-state index contributed by atoms with van der Waals surface area (Å²) in [5, 5.41) is 11.4. The van der Waals surface area contributed by atoms with E-state index >= 15 is 0 Å². The maximum Gasteiger partial charge on any atom is 0.365 e. The summed E-state index contributed by atoms with van der Waals surface area (Å²) in [6.45, 7) is 5.70. The Morgan fingerprint density at radius 2 is 2.21 bits per heavy atom. The van der Waals surface area contributed by atoms with E-state index < -0.39 is 5.97 Å². The second-order valence-corrected chi connectivity index (χ2v) is 5.55. The minimum atomic E-state index is -1.11. The van der Waals surface area contributed by atoms with Crippen molar-refractivity contribution >= 4 is 23.2 Å². The number of nitrogens with zero attached hydrogens (tertiary/aromatic N) is 2. The zero-order chi connectivity index (χ0) is 14.4. The minimum Gasteiger partial charge on any atom is -0.476 e. The molecule has 0 aromatic carbocycles. The first kappa shape index (κ1) is 15.6. The zero-order valence-electron chi connectivity index (χ0n) is 11.3. The summed E-state index contributed by atoms with van der Waals surface area (Å²) in [6, 6.07) is 0.482. The van der Waals surface area contributed by atoms with Crippen LogP contribution in [0.3, 0.4) is 0 Å². The average molecular weight is 285 g/mol. The lowest BCUT2D eigenvalue weighted by molar-refractivity contribution is 0.0696. The monoisotopic (exact) mass is 285 g/mol. The molecule has 1 aromatic rings. The van der Waals surface area contributed by atoms with E-state index in [1.807, 2.05) is 7.05 Å². The first-order valence-corrected chi connectivity index (χ1v) is 6.91. The fourth-order valence-electron chi connectivity index (χ4n) is 1.35. The van der Waals surface area contributed by atoms with Gasteiger partial charge in [-0.15, -0.1) is 11.3 Å². The molecule has 0 aliphatic heterocycles. The van der Waals surface area contributed by atoms with Gasteiger partial charge in [0.2, 0.25) is 5.01 Å². The molecule has 0 spiro atoms. The Morgan fingerprint density at radius 1 is 1.53 bits per heavy atom. The number of aromatic nitrogens is 1. The van der Waals surface area contributed by atoms with Crippen LogP contribution in [0.4, 0.5) is 0 Å². The quantitative estimate of drug-likeness (QED) is 0.738. The highest BCUT2D eigenvalue weighted by Crippen LogP contribution is 2.12. The van der Waals surface area contributed by atoms with Gasteiger partial charge in [-0.3, -0.25) is 4.79 Å². The molecule has 0 saturated carbocycles. The predicted molar refractivity (Wildman–Crippen MR) is 73.8 cm³/mol. The highest BCUT2D eigenvalue weighted by molar-refractivity contribution is 7.15. The van der Waals surface area contributed by atoms with Crippen molar-refractivity contribution in [3.63, 3.8) is 0 Å². The van der Waals surface area contributed by atoms with Crippen molar-refractivity contribution < 1.29 is 14.7 Å². The van der Waals surface area contributed by atoms with Gasteiger partial charge in [0.15, 0.2) is 0 Å². The van der Waals surface area contributed by atoms with Crippen LogP contribution in [-0.2, 0) is 0 Å². The van der Waals surface area contributed by atoms with Crippen LogP contribution in [0.1, 0.15) is 39.7 Å². The number of carbonyl (C=O) groups is 2. The Balaban J connectivity index is 2.33. The van der Waals surface area contributed by atoms with E-state index in [-0.39, 0.29) is 10.9 Å². The van der Waals surface area contributed by atoms with Crippen LogP contribution in [0.15, 0.2) is 6.20 Å². The summed E-state index contributed by atoms with van der Waals surface area (Å²) >= 11 is 0.885. The van der Waals surface area contributed by atoms with Crippen molar-refractivity contribution in [2.45, 2.75) is 26.3 Å². The first-order chi connectivity index (χ1) is 8.91. The molecule has 0 aliphatic carbocycles. The van der Waals surface area contributed by atoms with E-state index in [1.165, 1.54) is 6.20 Å². The Morgan fingerprint density at radius 3 is 2.74 bits per heavy atom. The summed E-state index contributed by atoms with van der Waals surface area (Å²) in [4.78, 5) is 28.5. The van der Waals surface area contributed by atoms with E-state index in [0.29, 0.717) is 17.5 Å². The summed E-state index contributed by atoms with van der Waals surface area (Å²) < 4.78 is 0. The SMILES string of the molecule is CC(C)N(C)CCCNC(=O)c1cnc(C(=O)O)s1. The topological polar surface area (TPSA) is 82.5 Å². The van der Waals surface area contributed by atoms with Crippen LogP contribution in [0.5, 0.6) is 0 Å². The van der Waals surface area contributed by atoms with Crippen LogP contribution in [-0.4, -0.2) is 53.0 Å². The Kier molecular flexibility index (Phi) is 5.91. The van der Waals surface area contributed by atoms with E-state index in [9.17, 15) is 9.59 Å². The van der Waals surface area contributed by atoms with Crippen LogP contribution in [0, 0.1) is 0 Å². The first-order valence-electron chi connectivity index (χ1n) is 6.09. The molecule has 2 N–H and O–H groups in total. The highest BCUT2D eigenvalue weighted by atomic mass is 32.1. The Hall–Kier alpha value is -1.47. The normalized spacial score (nSPS) is 11.0. The van der Waals surface area contributed by atoms with Crippen molar-refractivity contribution in [1.82, 2.24) is 15.2 Å². The summed E-state index contributed by atoms with van der Waals surface area (Å²) in [5.74, 6) is -1.38. The third-order valence-corrected chi connectivity index (χ3v) is 3.75. The molecule has 0 atom stereocenters. The highest BCUT2D eigenvalue weighted by Gasteiger charge is 2.14. The molecule has 1 aromatic heterocycles. The van der Waals surface area contributed by atoms with Gasteiger partial charge >= 0.3 is 5.97 Å². The molecule has 0 unspecified atom stereocenters. The molecule has 0 saturated heterocycles. The van der Waals surface area contributed by atoms with Gasteiger partial charge in [0.1, 0.15) is 4.88 Å². The molecule has 1 rings (SSSR count). The molecule has 0 aliphatic rings. The fourth-order valence-corrected chi connectivity index (χ4v) is 2.02. The third kappa shape index (κ3) is 4.96. The van der Waals surface area contributed by atoms with Crippen LogP contribution >= 0.6 is 11.3 Å². The number of hydrogen-bond donors (Lipinski definition) is 2. The molecule has 1 amide bonds. The Labute approximate surface area is 116 Å². The van der Waals surface area contributed by atoms with Crippen molar-refractivity contribution in [1.29, 1.82) is 0 Å². The summed E-state index contributed by atoms with van der Waals surface area (Å²) in [5.41, 5.74) is 0. The maximum absolute atomic E-state index is 11.7. The predicted octanol–water partition coefficient (Wildman–Crippen LogP) is 1.30. The number of aromatic carboxylic acids is 1. The van der Waals surface area contributed by atoms with E-state index in [0.717, 1.165) is 24.3 Å². The number of rotatable bonds is 7. The number of nitrogens with one attached hydrogen (secondary N) is 1. The number of carbonyl (C=O) groups excluding carboxylic acids is 1. The van der Waals surface area contributed by atoms with Crippen LogP contribution in [0.2, 0.25) is 0 Å². The molecule has 106 valence electrons. The average Bonchev–Trinajstić information content (AvgIpc) is 2.83. The van der Waals surface area contributed by atoms with Crippen molar-refractivity contribution in [2.24, 2.45) is 0 Å². The number of hydrogen-bond acceptors (Lipinski definition) is 5. The second kappa shape index (κ2) is 7.20. The van der Waals surface area contributed by atoms with Crippen LogP contribution < -0.4 is 5.32 Å². The molecule has 0 fully saturated rings. The van der Waals surface area contributed by atoms with Gasteiger partial charge in [-0.1, -0.05) is 0 Å². The second-order valence-electron chi connectivity index (χ2n) is 4.52. The molecule has 0 radical (unpaired) electrons. The summed E-state index contributed by atoms with van der Waals surface area (Å²) in [7, 11) is 2.04. The van der Waals surface area contributed by atoms with Gasteiger partial charge < -0.3 is 15.3 Å². The van der Waals surface area contributed by atoms with Gasteiger partial charge in [-0.05, 0) is 33.9 Å². The fraction of sp³-hybridized carbons (Fsp3) is 0.583. The maximum atomic E-state index is 11.7. The number of carboxylic acids is 1. The standard InChI is InChI=1S/C12H19N3O3S/c1-8(2)15(3)6-4-5-13-10(16)9-7-14-11(19-9)12(17)18/h7-8H,4-6H2,1-3H3,(H,13,16)(H,17,18). The lowest BCUT2D eigenvalue weighted by Gasteiger charge is -2.20. The molecule has 19 heavy (non-hydrogen) atoms. The van der Waals surface area contributed by atoms with Crippen molar-refractivity contribution in [2.75, 3.05) is 20.1 Å². The summed E-state index contributed by atoms with van der Waals surface area (Å²) in [6.07, 6.45) is 2.15. The number of amides is 1. The van der Waals surface area contributed by atoms with E-state index in [4.69, 9.17) is 5.11 Å². The molecule has 7 heteroatoms.